The maximum atomic E-state index is 5.96. The molecule has 17 heavy (non-hydrogen) atoms. The molecule has 0 amide bonds. The van der Waals surface area contributed by atoms with Gasteiger partial charge >= 0.3 is 0 Å². The fourth-order valence-electron chi connectivity index (χ4n) is 3.74. The molecule has 0 aromatic rings. The van der Waals surface area contributed by atoms with E-state index in [0.29, 0.717) is 5.41 Å². The van der Waals surface area contributed by atoms with Crippen LogP contribution in [0, 0.1) is 17.3 Å². The van der Waals surface area contributed by atoms with E-state index < -0.39 is 0 Å². The van der Waals surface area contributed by atoms with E-state index in [2.05, 4.69) is 25.7 Å². The Balaban J connectivity index is 1.85. The summed E-state index contributed by atoms with van der Waals surface area (Å²) in [5.74, 6) is 1.73. The van der Waals surface area contributed by atoms with Gasteiger partial charge in [0.15, 0.2) is 0 Å². The first kappa shape index (κ1) is 13.4. The number of nitrogens with zero attached hydrogens (tertiary/aromatic N) is 1. The minimum absolute atomic E-state index is 0.518. The highest BCUT2D eigenvalue weighted by Gasteiger charge is 2.37. The van der Waals surface area contributed by atoms with Crippen LogP contribution in [0.25, 0.3) is 0 Å². The van der Waals surface area contributed by atoms with E-state index in [1.165, 1.54) is 45.2 Å². The van der Waals surface area contributed by atoms with Crippen LogP contribution >= 0.6 is 0 Å². The molecular weight excluding hydrogens is 208 g/mol. The lowest BCUT2D eigenvalue weighted by molar-refractivity contribution is 0.0452. The molecule has 2 heteroatoms. The largest absolute Gasteiger partial charge is 0.330 e. The van der Waals surface area contributed by atoms with Gasteiger partial charge in [-0.2, -0.15) is 0 Å². The Hall–Kier alpha value is -0.0800. The Bertz CT molecular complexity index is 242. The highest BCUT2D eigenvalue weighted by atomic mass is 15.2. The van der Waals surface area contributed by atoms with Crippen molar-refractivity contribution in [3.8, 4) is 0 Å². The standard InChI is InChI=1S/C15H30N2/c1-12-9-13(2)14(3)17(10-12)8-7-15(11-16)5-4-6-15/h12-14H,4-11,16H2,1-3H3. The molecule has 0 aromatic heterocycles. The summed E-state index contributed by atoms with van der Waals surface area (Å²) in [4.78, 5) is 2.72. The van der Waals surface area contributed by atoms with Gasteiger partial charge in [-0.1, -0.05) is 20.3 Å². The highest BCUT2D eigenvalue weighted by molar-refractivity contribution is 4.91. The quantitative estimate of drug-likeness (QED) is 0.816. The minimum atomic E-state index is 0.518. The molecular formula is C15H30N2. The molecule has 1 aliphatic carbocycles. The molecule has 0 bridgehead atoms. The Morgan fingerprint density at radius 2 is 1.94 bits per heavy atom. The SMILES string of the molecule is CC1CC(C)C(C)N(CCC2(CN)CCC2)C1. The second-order valence-corrected chi connectivity index (χ2v) is 6.86. The van der Waals surface area contributed by atoms with Crippen molar-refractivity contribution in [3.63, 3.8) is 0 Å². The zero-order chi connectivity index (χ0) is 12.5. The third kappa shape index (κ3) is 2.85. The van der Waals surface area contributed by atoms with Crippen molar-refractivity contribution in [1.29, 1.82) is 0 Å². The lowest BCUT2D eigenvalue weighted by Gasteiger charge is -2.46. The van der Waals surface area contributed by atoms with Crippen LogP contribution in [0.15, 0.2) is 0 Å². The number of piperidine rings is 1. The van der Waals surface area contributed by atoms with Gasteiger partial charge in [0.25, 0.3) is 0 Å². The van der Waals surface area contributed by atoms with Crippen LogP contribution in [-0.4, -0.2) is 30.6 Å². The van der Waals surface area contributed by atoms with Crippen LogP contribution in [0.3, 0.4) is 0 Å². The molecule has 3 unspecified atom stereocenters. The lowest BCUT2D eigenvalue weighted by atomic mass is 9.66. The van der Waals surface area contributed by atoms with Gasteiger partial charge in [0.05, 0.1) is 0 Å². The van der Waals surface area contributed by atoms with Crippen LogP contribution in [0.5, 0.6) is 0 Å². The van der Waals surface area contributed by atoms with Crippen LogP contribution in [0.1, 0.15) is 52.9 Å². The molecule has 1 saturated carbocycles. The van der Waals surface area contributed by atoms with Crippen LogP contribution in [0.4, 0.5) is 0 Å². The van der Waals surface area contributed by atoms with Gasteiger partial charge < -0.3 is 10.6 Å². The minimum Gasteiger partial charge on any atom is -0.330 e. The topological polar surface area (TPSA) is 29.3 Å². The van der Waals surface area contributed by atoms with Crippen molar-refractivity contribution >= 4 is 0 Å². The molecule has 1 heterocycles. The van der Waals surface area contributed by atoms with Crippen molar-refractivity contribution < 1.29 is 0 Å². The van der Waals surface area contributed by atoms with Gasteiger partial charge in [0.1, 0.15) is 0 Å². The maximum absolute atomic E-state index is 5.96. The number of nitrogens with two attached hydrogens (primary N) is 1. The number of rotatable bonds is 4. The second kappa shape index (κ2) is 5.27. The average Bonchev–Trinajstić information content (AvgIpc) is 2.23. The van der Waals surface area contributed by atoms with E-state index in [1.54, 1.807) is 0 Å². The van der Waals surface area contributed by atoms with Crippen LogP contribution in [0.2, 0.25) is 0 Å². The van der Waals surface area contributed by atoms with Crippen molar-refractivity contribution in [1.82, 2.24) is 4.90 Å². The van der Waals surface area contributed by atoms with Crippen LogP contribution < -0.4 is 5.73 Å². The summed E-state index contributed by atoms with van der Waals surface area (Å²) in [6, 6.07) is 0.765. The third-order valence-corrected chi connectivity index (χ3v) is 5.50. The van der Waals surface area contributed by atoms with Gasteiger partial charge in [-0.05, 0) is 62.9 Å². The normalized spacial score (nSPS) is 37.8. The molecule has 2 rings (SSSR count). The van der Waals surface area contributed by atoms with Crippen molar-refractivity contribution in [2.75, 3.05) is 19.6 Å². The monoisotopic (exact) mass is 238 g/mol. The first-order chi connectivity index (χ1) is 8.06. The van der Waals surface area contributed by atoms with Gasteiger partial charge in [-0.25, -0.2) is 0 Å². The first-order valence-corrected chi connectivity index (χ1v) is 7.50. The van der Waals surface area contributed by atoms with Gasteiger partial charge in [-0.15, -0.1) is 0 Å². The molecule has 0 radical (unpaired) electrons. The summed E-state index contributed by atoms with van der Waals surface area (Å²) < 4.78 is 0. The second-order valence-electron chi connectivity index (χ2n) is 6.86. The summed E-state index contributed by atoms with van der Waals surface area (Å²) in [5.41, 5.74) is 6.47. The number of hydrogen-bond acceptors (Lipinski definition) is 2. The average molecular weight is 238 g/mol. The fraction of sp³-hybridized carbons (Fsp3) is 1.00. The smallest absolute Gasteiger partial charge is 0.00927 e. The Morgan fingerprint density at radius 1 is 1.24 bits per heavy atom. The molecule has 2 fully saturated rings. The van der Waals surface area contributed by atoms with Crippen LogP contribution in [-0.2, 0) is 0 Å². The van der Waals surface area contributed by atoms with E-state index in [0.717, 1.165) is 24.4 Å². The van der Waals surface area contributed by atoms with Gasteiger partial charge in [-0.3, -0.25) is 0 Å². The Morgan fingerprint density at radius 3 is 2.47 bits per heavy atom. The summed E-state index contributed by atoms with van der Waals surface area (Å²) in [5, 5.41) is 0. The highest BCUT2D eigenvalue weighted by Crippen LogP contribution is 2.43. The molecule has 100 valence electrons. The van der Waals surface area contributed by atoms with Crippen molar-refractivity contribution in [2.24, 2.45) is 23.0 Å². The summed E-state index contributed by atoms with van der Waals surface area (Å²) in [6.07, 6.45) is 6.88. The maximum Gasteiger partial charge on any atom is 0.00927 e. The van der Waals surface area contributed by atoms with Gasteiger partial charge in [0.2, 0.25) is 0 Å². The summed E-state index contributed by atoms with van der Waals surface area (Å²) in [7, 11) is 0. The zero-order valence-electron chi connectivity index (χ0n) is 11.9. The fourth-order valence-corrected chi connectivity index (χ4v) is 3.74. The molecule has 1 saturated heterocycles. The zero-order valence-corrected chi connectivity index (χ0v) is 11.9. The molecule has 0 aromatic carbocycles. The van der Waals surface area contributed by atoms with Crippen molar-refractivity contribution in [3.05, 3.63) is 0 Å². The van der Waals surface area contributed by atoms with Gasteiger partial charge in [0, 0.05) is 12.6 Å². The first-order valence-electron chi connectivity index (χ1n) is 7.50. The lowest BCUT2D eigenvalue weighted by Crippen LogP contribution is -2.48. The number of hydrogen-bond donors (Lipinski definition) is 1. The summed E-state index contributed by atoms with van der Waals surface area (Å²) in [6.45, 7) is 10.7. The van der Waals surface area contributed by atoms with E-state index in [4.69, 9.17) is 5.73 Å². The Kier molecular flexibility index (Phi) is 4.14. The molecule has 0 spiro atoms. The third-order valence-electron chi connectivity index (χ3n) is 5.50. The molecule has 3 atom stereocenters. The molecule has 2 N–H and O–H groups in total. The van der Waals surface area contributed by atoms with E-state index >= 15 is 0 Å². The van der Waals surface area contributed by atoms with Crippen molar-refractivity contribution in [2.45, 2.75) is 58.9 Å². The molecule has 2 nitrogen and oxygen atoms in total. The summed E-state index contributed by atoms with van der Waals surface area (Å²) >= 11 is 0. The van der Waals surface area contributed by atoms with E-state index in [-0.39, 0.29) is 0 Å². The predicted molar refractivity (Wildman–Crippen MR) is 73.9 cm³/mol. The molecule has 1 aliphatic heterocycles. The molecule has 2 aliphatic rings. The Labute approximate surface area is 107 Å². The number of likely N-dealkylation sites (tertiary alicyclic amines) is 1. The van der Waals surface area contributed by atoms with E-state index in [9.17, 15) is 0 Å². The predicted octanol–water partition coefficient (Wildman–Crippen LogP) is 2.87. The van der Waals surface area contributed by atoms with E-state index in [1.807, 2.05) is 0 Å².